The fourth-order valence-electron chi connectivity index (χ4n) is 0.828. The lowest BCUT2D eigenvalue weighted by molar-refractivity contribution is 0.322. The molecule has 0 saturated carbocycles. The first kappa shape index (κ1) is 9.26. The predicted octanol–water partition coefficient (Wildman–Crippen LogP) is 1.92. The summed E-state index contributed by atoms with van der Waals surface area (Å²) in [5, 5.41) is 0. The molecule has 1 aromatic heterocycles. The number of rotatable bonds is 3. The van der Waals surface area contributed by atoms with Gasteiger partial charge in [-0.1, -0.05) is 0 Å². The highest BCUT2D eigenvalue weighted by atomic mass is 35.5. The first-order valence-corrected chi connectivity index (χ1v) is 4.32. The van der Waals surface area contributed by atoms with E-state index in [0.717, 1.165) is 5.56 Å². The topological polar surface area (TPSA) is 35.0 Å². The summed E-state index contributed by atoms with van der Waals surface area (Å²) in [6.07, 6.45) is 1.69. The van der Waals surface area contributed by atoms with E-state index in [4.69, 9.17) is 16.3 Å². The average molecular weight is 187 g/mol. The lowest BCUT2D eigenvalue weighted by Crippen LogP contribution is -2.00. The van der Waals surface area contributed by atoms with Crippen molar-refractivity contribution in [2.75, 3.05) is 6.61 Å². The van der Waals surface area contributed by atoms with Crippen molar-refractivity contribution < 1.29 is 4.74 Å². The molecule has 12 heavy (non-hydrogen) atoms. The predicted molar refractivity (Wildman–Crippen MR) is 47.5 cm³/mol. The van der Waals surface area contributed by atoms with Crippen LogP contribution in [-0.4, -0.2) is 16.6 Å². The maximum atomic E-state index is 5.66. The Labute approximate surface area is 76.7 Å². The van der Waals surface area contributed by atoms with Crippen LogP contribution in [0.1, 0.15) is 18.3 Å². The van der Waals surface area contributed by atoms with Crippen molar-refractivity contribution in [2.24, 2.45) is 0 Å². The van der Waals surface area contributed by atoms with E-state index in [9.17, 15) is 0 Å². The van der Waals surface area contributed by atoms with Gasteiger partial charge in [0.2, 0.25) is 5.88 Å². The van der Waals surface area contributed by atoms with Gasteiger partial charge in [-0.05, 0) is 13.8 Å². The molecular weight excluding hydrogens is 176 g/mol. The van der Waals surface area contributed by atoms with E-state index in [0.29, 0.717) is 24.2 Å². The molecule has 0 N–H and O–H groups in total. The zero-order valence-corrected chi connectivity index (χ0v) is 7.93. The lowest BCUT2D eigenvalue weighted by atomic mass is 10.3. The Morgan fingerprint density at radius 3 is 2.92 bits per heavy atom. The fourth-order valence-corrected chi connectivity index (χ4v) is 1.01. The first-order valence-electron chi connectivity index (χ1n) is 3.79. The van der Waals surface area contributed by atoms with Crippen molar-refractivity contribution in [1.82, 2.24) is 9.97 Å². The summed E-state index contributed by atoms with van der Waals surface area (Å²) in [5.41, 5.74) is 0.837. The van der Waals surface area contributed by atoms with Crippen LogP contribution >= 0.6 is 11.6 Å². The van der Waals surface area contributed by atoms with Gasteiger partial charge in [0.15, 0.2) is 0 Å². The molecule has 0 aromatic carbocycles. The summed E-state index contributed by atoms with van der Waals surface area (Å²) in [7, 11) is 0. The zero-order chi connectivity index (χ0) is 8.97. The highest BCUT2D eigenvalue weighted by Gasteiger charge is 2.04. The minimum absolute atomic E-state index is 0.385. The van der Waals surface area contributed by atoms with Gasteiger partial charge in [-0.2, -0.15) is 4.98 Å². The van der Waals surface area contributed by atoms with E-state index in [1.807, 2.05) is 13.8 Å². The minimum Gasteiger partial charge on any atom is -0.478 e. The minimum atomic E-state index is 0.385. The van der Waals surface area contributed by atoms with E-state index in [-0.39, 0.29) is 0 Å². The molecular formula is C8H11ClN2O. The molecule has 66 valence electrons. The largest absolute Gasteiger partial charge is 0.478 e. The fraction of sp³-hybridized carbons (Fsp3) is 0.500. The molecule has 0 aliphatic carbocycles. The molecule has 0 aliphatic heterocycles. The van der Waals surface area contributed by atoms with Gasteiger partial charge in [0.05, 0.1) is 12.5 Å². The maximum Gasteiger partial charge on any atom is 0.221 e. The van der Waals surface area contributed by atoms with Crippen LogP contribution in [0.25, 0.3) is 0 Å². The number of alkyl halides is 1. The summed E-state index contributed by atoms with van der Waals surface area (Å²) >= 11 is 5.66. The van der Waals surface area contributed by atoms with Gasteiger partial charge in [0, 0.05) is 11.8 Å². The van der Waals surface area contributed by atoms with Crippen molar-refractivity contribution in [1.29, 1.82) is 0 Å². The second kappa shape index (κ2) is 4.26. The molecule has 0 radical (unpaired) electrons. The Hall–Kier alpha value is -0.830. The summed E-state index contributed by atoms with van der Waals surface area (Å²) < 4.78 is 5.27. The number of hydrogen-bond donors (Lipinski definition) is 0. The Bertz CT molecular complexity index is 265. The molecule has 0 bridgehead atoms. The summed E-state index contributed by atoms with van der Waals surface area (Å²) in [4.78, 5) is 8.13. The quantitative estimate of drug-likeness (QED) is 0.677. The first-order chi connectivity index (χ1) is 5.77. The van der Waals surface area contributed by atoms with Crippen molar-refractivity contribution in [2.45, 2.75) is 19.7 Å². The van der Waals surface area contributed by atoms with Crippen LogP contribution in [0.3, 0.4) is 0 Å². The average Bonchev–Trinajstić information content (AvgIpc) is 2.05. The van der Waals surface area contributed by atoms with Crippen molar-refractivity contribution in [3.8, 4) is 5.88 Å². The van der Waals surface area contributed by atoms with E-state index in [1.165, 1.54) is 0 Å². The standard InChI is InChI=1S/C8H11ClN2O/c1-3-12-8-7(4-9)5-10-6(2)11-8/h5H,3-4H2,1-2H3. The van der Waals surface area contributed by atoms with Crippen molar-refractivity contribution in [3.63, 3.8) is 0 Å². The maximum absolute atomic E-state index is 5.66. The molecule has 0 atom stereocenters. The van der Waals surface area contributed by atoms with Crippen molar-refractivity contribution in [3.05, 3.63) is 17.6 Å². The summed E-state index contributed by atoms with van der Waals surface area (Å²) in [6.45, 7) is 4.33. The smallest absolute Gasteiger partial charge is 0.221 e. The third-order valence-electron chi connectivity index (χ3n) is 1.37. The second-order valence-corrected chi connectivity index (χ2v) is 2.58. The van der Waals surface area contributed by atoms with Gasteiger partial charge in [0.25, 0.3) is 0 Å². The SMILES string of the molecule is CCOc1nc(C)ncc1CCl. The molecule has 1 rings (SSSR count). The van der Waals surface area contributed by atoms with Crippen LogP contribution < -0.4 is 4.74 Å². The van der Waals surface area contributed by atoms with Gasteiger partial charge < -0.3 is 4.74 Å². The number of nitrogens with zero attached hydrogens (tertiary/aromatic N) is 2. The third kappa shape index (κ3) is 2.08. The van der Waals surface area contributed by atoms with Crippen LogP contribution in [-0.2, 0) is 5.88 Å². The van der Waals surface area contributed by atoms with Crippen molar-refractivity contribution >= 4 is 11.6 Å². The monoisotopic (exact) mass is 186 g/mol. The van der Waals surface area contributed by atoms with Crippen LogP contribution in [0.5, 0.6) is 5.88 Å². The zero-order valence-electron chi connectivity index (χ0n) is 7.17. The molecule has 0 saturated heterocycles. The number of aromatic nitrogens is 2. The molecule has 4 heteroatoms. The van der Waals surface area contributed by atoms with E-state index >= 15 is 0 Å². The normalized spacial score (nSPS) is 9.92. The highest BCUT2D eigenvalue weighted by Crippen LogP contribution is 2.16. The molecule has 0 spiro atoms. The number of aryl methyl sites for hydroxylation is 1. The highest BCUT2D eigenvalue weighted by molar-refractivity contribution is 6.17. The van der Waals surface area contributed by atoms with E-state index < -0.39 is 0 Å². The molecule has 0 amide bonds. The summed E-state index contributed by atoms with van der Waals surface area (Å²) in [5.74, 6) is 1.68. The van der Waals surface area contributed by atoms with E-state index in [1.54, 1.807) is 6.20 Å². The van der Waals surface area contributed by atoms with Gasteiger partial charge in [0.1, 0.15) is 5.82 Å². The van der Waals surface area contributed by atoms with Crippen LogP contribution in [0.2, 0.25) is 0 Å². The molecule has 1 aromatic rings. The van der Waals surface area contributed by atoms with Crippen LogP contribution in [0.4, 0.5) is 0 Å². The molecule has 1 heterocycles. The number of halogens is 1. The van der Waals surface area contributed by atoms with Gasteiger partial charge in [-0.25, -0.2) is 4.98 Å². The van der Waals surface area contributed by atoms with Crippen LogP contribution in [0.15, 0.2) is 6.20 Å². The van der Waals surface area contributed by atoms with Gasteiger partial charge in [-0.15, -0.1) is 11.6 Å². The summed E-state index contributed by atoms with van der Waals surface area (Å²) in [6, 6.07) is 0. The molecule has 0 aliphatic rings. The Morgan fingerprint density at radius 2 is 2.33 bits per heavy atom. The Kier molecular flexibility index (Phi) is 3.29. The third-order valence-corrected chi connectivity index (χ3v) is 1.66. The van der Waals surface area contributed by atoms with Gasteiger partial charge >= 0.3 is 0 Å². The van der Waals surface area contributed by atoms with Gasteiger partial charge in [-0.3, -0.25) is 0 Å². The molecule has 0 unspecified atom stereocenters. The van der Waals surface area contributed by atoms with E-state index in [2.05, 4.69) is 9.97 Å². The van der Waals surface area contributed by atoms with Crippen LogP contribution in [0, 0.1) is 6.92 Å². The molecule has 3 nitrogen and oxygen atoms in total. The Morgan fingerprint density at radius 1 is 1.58 bits per heavy atom. The molecule has 0 fully saturated rings. The number of ether oxygens (including phenoxy) is 1. The Balaban J connectivity index is 2.95. The lowest BCUT2D eigenvalue weighted by Gasteiger charge is -2.05. The second-order valence-electron chi connectivity index (χ2n) is 2.31. The number of hydrogen-bond acceptors (Lipinski definition) is 3.